The lowest BCUT2D eigenvalue weighted by Crippen LogP contribution is -2.46. The van der Waals surface area contributed by atoms with Crippen LogP contribution in [0.1, 0.15) is 34.6 Å². The number of hydrogen-bond donors (Lipinski definition) is 1. The predicted octanol–water partition coefficient (Wildman–Crippen LogP) is 3.40. The molecule has 1 aliphatic rings. The highest BCUT2D eigenvalue weighted by atomic mass is 16.5. The zero-order chi connectivity index (χ0) is 18.7. The molecule has 2 aromatic carbocycles. The van der Waals surface area contributed by atoms with Crippen LogP contribution in [0.5, 0.6) is 0 Å². The van der Waals surface area contributed by atoms with E-state index in [4.69, 9.17) is 4.74 Å². The van der Waals surface area contributed by atoms with E-state index >= 15 is 0 Å². The molecule has 0 amide bonds. The van der Waals surface area contributed by atoms with Crippen LogP contribution < -0.4 is 0 Å². The summed E-state index contributed by atoms with van der Waals surface area (Å²) < 4.78 is 5.76. The molecule has 0 aliphatic carbocycles. The molecule has 0 saturated carbocycles. The molecule has 4 heteroatoms. The number of ketones is 2. The molecule has 4 atom stereocenters. The second-order valence-corrected chi connectivity index (χ2v) is 7.11. The van der Waals surface area contributed by atoms with Crippen LogP contribution in [0.2, 0.25) is 0 Å². The molecule has 0 aromatic heterocycles. The third kappa shape index (κ3) is 3.11. The highest BCUT2D eigenvalue weighted by Gasteiger charge is 2.55. The molecule has 0 bridgehead atoms. The number of aliphatic hydroxyl groups is 1. The first-order valence-corrected chi connectivity index (χ1v) is 8.91. The molecule has 1 aliphatic heterocycles. The normalized spacial score (nSPS) is 26.4. The van der Waals surface area contributed by atoms with Crippen LogP contribution in [-0.4, -0.2) is 36.0 Å². The Morgan fingerprint density at radius 2 is 1.62 bits per heavy atom. The molecule has 0 spiro atoms. The van der Waals surface area contributed by atoms with Crippen LogP contribution >= 0.6 is 0 Å². The SMILES string of the molecule is C[C@@H](C(=O)c1ccccc1)[C@@H]1CO[C@H](CO)[C@@]1(C)C(=O)c1ccccc1. The number of benzene rings is 2. The summed E-state index contributed by atoms with van der Waals surface area (Å²) in [5.41, 5.74) is 0.241. The fraction of sp³-hybridized carbons (Fsp3) is 0.364. The van der Waals surface area contributed by atoms with Crippen molar-refractivity contribution >= 4 is 11.6 Å². The lowest BCUT2D eigenvalue weighted by molar-refractivity contribution is 0.0110. The fourth-order valence-electron chi connectivity index (χ4n) is 3.97. The monoisotopic (exact) mass is 352 g/mol. The average molecular weight is 352 g/mol. The van der Waals surface area contributed by atoms with E-state index < -0.39 is 17.4 Å². The molecule has 26 heavy (non-hydrogen) atoms. The van der Waals surface area contributed by atoms with Crippen LogP contribution in [0.4, 0.5) is 0 Å². The van der Waals surface area contributed by atoms with Crippen LogP contribution in [0, 0.1) is 17.3 Å². The van der Waals surface area contributed by atoms with Gasteiger partial charge in [-0.3, -0.25) is 9.59 Å². The summed E-state index contributed by atoms with van der Waals surface area (Å²) in [7, 11) is 0. The van der Waals surface area contributed by atoms with Crippen molar-refractivity contribution in [2.45, 2.75) is 20.0 Å². The average Bonchev–Trinajstić information content (AvgIpc) is 3.04. The molecule has 0 radical (unpaired) electrons. The van der Waals surface area contributed by atoms with Gasteiger partial charge in [0.05, 0.1) is 24.7 Å². The largest absolute Gasteiger partial charge is 0.394 e. The second kappa shape index (κ2) is 7.52. The number of rotatable bonds is 6. The van der Waals surface area contributed by atoms with E-state index in [0.717, 1.165) is 0 Å². The first kappa shape index (κ1) is 18.5. The van der Waals surface area contributed by atoms with Crippen LogP contribution in [-0.2, 0) is 4.74 Å². The summed E-state index contributed by atoms with van der Waals surface area (Å²) in [6, 6.07) is 18.1. The molecule has 3 rings (SSSR count). The number of aliphatic hydroxyl groups excluding tert-OH is 1. The Kier molecular flexibility index (Phi) is 5.35. The molecule has 1 saturated heterocycles. The quantitative estimate of drug-likeness (QED) is 0.810. The van der Waals surface area contributed by atoms with Gasteiger partial charge >= 0.3 is 0 Å². The molecule has 4 nitrogen and oxygen atoms in total. The van der Waals surface area contributed by atoms with Crippen molar-refractivity contribution in [3.63, 3.8) is 0 Å². The molecule has 0 unspecified atom stereocenters. The molecule has 1 fully saturated rings. The topological polar surface area (TPSA) is 63.6 Å². The maximum absolute atomic E-state index is 13.3. The summed E-state index contributed by atoms with van der Waals surface area (Å²) in [6.45, 7) is 3.69. The molecule has 1 N–H and O–H groups in total. The molecular weight excluding hydrogens is 328 g/mol. The van der Waals surface area contributed by atoms with E-state index in [1.54, 1.807) is 24.3 Å². The first-order valence-electron chi connectivity index (χ1n) is 8.91. The van der Waals surface area contributed by atoms with Gasteiger partial charge in [-0.1, -0.05) is 67.6 Å². The van der Waals surface area contributed by atoms with E-state index in [2.05, 4.69) is 0 Å². The van der Waals surface area contributed by atoms with Crippen LogP contribution in [0.3, 0.4) is 0 Å². The minimum Gasteiger partial charge on any atom is -0.394 e. The van der Waals surface area contributed by atoms with Gasteiger partial charge in [0.1, 0.15) is 0 Å². The maximum atomic E-state index is 13.3. The van der Waals surface area contributed by atoms with Crippen molar-refractivity contribution in [3.8, 4) is 0 Å². The van der Waals surface area contributed by atoms with Gasteiger partial charge in [0.15, 0.2) is 11.6 Å². The Morgan fingerprint density at radius 3 is 2.15 bits per heavy atom. The third-order valence-electron chi connectivity index (χ3n) is 5.68. The first-order chi connectivity index (χ1) is 12.5. The van der Waals surface area contributed by atoms with Crippen molar-refractivity contribution in [1.29, 1.82) is 0 Å². The fourth-order valence-corrected chi connectivity index (χ4v) is 3.97. The minimum absolute atomic E-state index is 0.00937. The van der Waals surface area contributed by atoms with Gasteiger partial charge in [0, 0.05) is 23.0 Å². The molecule has 1 heterocycles. The number of carbonyl (C=O) groups excluding carboxylic acids is 2. The number of ether oxygens (including phenoxy) is 1. The summed E-state index contributed by atoms with van der Waals surface area (Å²) in [5, 5.41) is 9.79. The standard InChI is InChI=1S/C22H24O4/c1-15(20(24)16-9-5-3-6-10-16)18-14-26-19(13-23)22(18,2)21(25)17-11-7-4-8-12-17/h3-12,15,18-19,23H,13-14H2,1-2H3/t15-,18+,19-,22+/m1/s1. The number of Topliss-reactive ketones (excluding diaryl/α,β-unsaturated/α-hetero) is 2. The summed E-state index contributed by atoms with van der Waals surface area (Å²) in [5.74, 6) is -0.802. The van der Waals surface area contributed by atoms with Crippen molar-refractivity contribution in [3.05, 3.63) is 71.8 Å². The van der Waals surface area contributed by atoms with Gasteiger partial charge in [0.2, 0.25) is 0 Å². The summed E-state index contributed by atoms with van der Waals surface area (Å²) >= 11 is 0. The summed E-state index contributed by atoms with van der Waals surface area (Å²) in [4.78, 5) is 26.3. The lowest BCUT2D eigenvalue weighted by Gasteiger charge is -2.35. The van der Waals surface area contributed by atoms with Gasteiger partial charge in [-0.25, -0.2) is 0 Å². The Bertz CT molecular complexity index is 771. The van der Waals surface area contributed by atoms with Crippen molar-refractivity contribution < 1.29 is 19.4 Å². The Balaban J connectivity index is 1.95. The zero-order valence-electron chi connectivity index (χ0n) is 15.1. The van der Waals surface area contributed by atoms with Gasteiger partial charge in [-0.05, 0) is 6.92 Å². The third-order valence-corrected chi connectivity index (χ3v) is 5.68. The number of carbonyl (C=O) groups is 2. The van der Waals surface area contributed by atoms with E-state index in [-0.39, 0.29) is 30.7 Å². The van der Waals surface area contributed by atoms with Crippen LogP contribution in [0.15, 0.2) is 60.7 Å². The Labute approximate surface area is 153 Å². The molecule has 2 aromatic rings. The highest BCUT2D eigenvalue weighted by molar-refractivity contribution is 6.03. The predicted molar refractivity (Wildman–Crippen MR) is 99.1 cm³/mol. The highest BCUT2D eigenvalue weighted by Crippen LogP contribution is 2.46. The van der Waals surface area contributed by atoms with Crippen molar-refractivity contribution in [2.24, 2.45) is 17.3 Å². The Morgan fingerprint density at radius 1 is 1.08 bits per heavy atom. The van der Waals surface area contributed by atoms with Crippen molar-refractivity contribution in [2.75, 3.05) is 13.2 Å². The van der Waals surface area contributed by atoms with Crippen LogP contribution in [0.25, 0.3) is 0 Å². The minimum atomic E-state index is -0.958. The van der Waals surface area contributed by atoms with E-state index in [1.165, 1.54) is 0 Å². The van der Waals surface area contributed by atoms with E-state index in [0.29, 0.717) is 11.1 Å². The Hall–Kier alpha value is -2.30. The van der Waals surface area contributed by atoms with Gasteiger partial charge in [0.25, 0.3) is 0 Å². The van der Waals surface area contributed by atoms with Gasteiger partial charge < -0.3 is 9.84 Å². The van der Waals surface area contributed by atoms with E-state index in [1.807, 2.05) is 50.2 Å². The number of hydrogen-bond acceptors (Lipinski definition) is 4. The maximum Gasteiger partial charge on any atom is 0.171 e. The van der Waals surface area contributed by atoms with Gasteiger partial charge in [-0.2, -0.15) is 0 Å². The second-order valence-electron chi connectivity index (χ2n) is 7.11. The summed E-state index contributed by atoms with van der Waals surface area (Å²) in [6.07, 6.45) is -0.619. The smallest absolute Gasteiger partial charge is 0.171 e. The lowest BCUT2D eigenvalue weighted by atomic mass is 9.65. The van der Waals surface area contributed by atoms with Gasteiger partial charge in [-0.15, -0.1) is 0 Å². The van der Waals surface area contributed by atoms with Crippen molar-refractivity contribution in [1.82, 2.24) is 0 Å². The van der Waals surface area contributed by atoms with E-state index in [9.17, 15) is 14.7 Å². The molecule has 136 valence electrons. The zero-order valence-corrected chi connectivity index (χ0v) is 15.1. The molecular formula is C22H24O4.